The van der Waals surface area contributed by atoms with E-state index in [1.54, 1.807) is 19.2 Å². The number of hydrogen-bond acceptors (Lipinski definition) is 3. The Balaban J connectivity index is 1.66. The fourth-order valence-electron chi connectivity index (χ4n) is 3.35. The van der Waals surface area contributed by atoms with Gasteiger partial charge >= 0.3 is 0 Å². The fraction of sp³-hybridized carbons (Fsp3) is 0.455. The minimum atomic E-state index is -0.433. The van der Waals surface area contributed by atoms with Gasteiger partial charge in [-0.3, -0.25) is 0 Å². The van der Waals surface area contributed by atoms with Crippen molar-refractivity contribution in [1.29, 1.82) is 0 Å². The second-order valence-corrected chi connectivity index (χ2v) is 6.81. The summed E-state index contributed by atoms with van der Waals surface area (Å²) in [7, 11) is 1.59. The summed E-state index contributed by atoms with van der Waals surface area (Å²) in [5.41, 5.74) is 2.41. The highest BCUT2D eigenvalue weighted by Crippen LogP contribution is 2.31. The number of methoxy groups -OCH3 is 1. The summed E-state index contributed by atoms with van der Waals surface area (Å²) in [6, 6.07) is 14.5. The second-order valence-electron chi connectivity index (χ2n) is 6.81. The number of benzene rings is 2. The Hall–Kier alpha value is -1.75. The molecule has 0 aliphatic carbocycles. The molecule has 1 unspecified atom stereocenters. The Morgan fingerprint density at radius 3 is 2.38 bits per heavy atom. The van der Waals surface area contributed by atoms with E-state index >= 15 is 0 Å². The van der Waals surface area contributed by atoms with E-state index in [0.717, 1.165) is 30.8 Å². The molecule has 0 spiro atoms. The van der Waals surface area contributed by atoms with Crippen LogP contribution in [0.4, 0.5) is 4.39 Å². The van der Waals surface area contributed by atoms with Crippen LogP contribution in [-0.4, -0.2) is 20.3 Å². The van der Waals surface area contributed by atoms with Gasteiger partial charge in [0, 0.05) is 24.2 Å². The van der Waals surface area contributed by atoms with Crippen LogP contribution >= 0.6 is 0 Å². The molecule has 1 fully saturated rings. The van der Waals surface area contributed by atoms with Crippen molar-refractivity contribution in [3.63, 3.8) is 0 Å². The lowest BCUT2D eigenvalue weighted by Crippen LogP contribution is -2.27. The standard InChI is InChI=1S/C22H27FO3/c1-3-4-7-16-14-25-22(26-15-16)18-12-10-17(11-13-18)21(24-2)19-8-5-6-9-20(19)23/h5-6,8-13,16,21-22H,3-4,7,14-15H2,1-2H3. The number of unbranched alkanes of at least 4 members (excludes halogenated alkanes) is 1. The molecule has 0 saturated carbocycles. The predicted octanol–water partition coefficient (Wildman–Crippen LogP) is 5.41. The Bertz CT molecular complexity index is 678. The SMILES string of the molecule is CCCCC1COC(c2ccc(C(OC)c3ccccc3F)cc2)OC1. The highest BCUT2D eigenvalue weighted by Gasteiger charge is 2.24. The third kappa shape index (κ3) is 4.50. The summed E-state index contributed by atoms with van der Waals surface area (Å²) >= 11 is 0. The van der Waals surface area contributed by atoms with Crippen molar-refractivity contribution in [2.45, 2.75) is 38.6 Å². The molecular weight excluding hydrogens is 331 g/mol. The molecule has 1 saturated heterocycles. The summed E-state index contributed by atoms with van der Waals surface area (Å²) in [4.78, 5) is 0. The predicted molar refractivity (Wildman–Crippen MR) is 99.4 cm³/mol. The summed E-state index contributed by atoms with van der Waals surface area (Å²) < 4.78 is 31.4. The number of halogens is 1. The van der Waals surface area contributed by atoms with Gasteiger partial charge in [0.2, 0.25) is 0 Å². The zero-order chi connectivity index (χ0) is 18.4. The van der Waals surface area contributed by atoms with Crippen LogP contribution in [-0.2, 0) is 14.2 Å². The van der Waals surface area contributed by atoms with E-state index in [-0.39, 0.29) is 12.1 Å². The maximum Gasteiger partial charge on any atom is 0.183 e. The van der Waals surface area contributed by atoms with Crippen LogP contribution in [0.15, 0.2) is 48.5 Å². The lowest BCUT2D eigenvalue weighted by molar-refractivity contribution is -0.206. The van der Waals surface area contributed by atoms with Gasteiger partial charge in [-0.1, -0.05) is 62.2 Å². The van der Waals surface area contributed by atoms with E-state index in [9.17, 15) is 4.39 Å². The van der Waals surface area contributed by atoms with Crippen molar-refractivity contribution in [3.05, 3.63) is 71.0 Å². The second kappa shape index (κ2) is 9.26. The van der Waals surface area contributed by atoms with Crippen LogP contribution in [0.5, 0.6) is 0 Å². The first-order chi connectivity index (χ1) is 12.7. The van der Waals surface area contributed by atoms with E-state index in [1.807, 2.05) is 30.3 Å². The number of ether oxygens (including phenoxy) is 3. The van der Waals surface area contributed by atoms with Gasteiger partial charge in [-0.25, -0.2) is 4.39 Å². The van der Waals surface area contributed by atoms with Crippen molar-refractivity contribution < 1.29 is 18.6 Å². The summed E-state index contributed by atoms with van der Waals surface area (Å²) in [6.07, 6.45) is 2.81. The lowest BCUT2D eigenvalue weighted by atomic mass is 9.99. The van der Waals surface area contributed by atoms with Crippen LogP contribution in [0.2, 0.25) is 0 Å². The van der Waals surface area contributed by atoms with Crippen LogP contribution in [0.25, 0.3) is 0 Å². The molecule has 1 atom stereocenters. The molecule has 3 nitrogen and oxygen atoms in total. The van der Waals surface area contributed by atoms with Crippen molar-refractivity contribution in [2.24, 2.45) is 5.92 Å². The Labute approximate surface area is 155 Å². The van der Waals surface area contributed by atoms with E-state index in [4.69, 9.17) is 14.2 Å². The maximum atomic E-state index is 14.1. The number of rotatable bonds is 7. The average Bonchev–Trinajstić information content (AvgIpc) is 2.69. The van der Waals surface area contributed by atoms with Gasteiger partial charge < -0.3 is 14.2 Å². The highest BCUT2D eigenvalue weighted by molar-refractivity contribution is 5.33. The lowest BCUT2D eigenvalue weighted by Gasteiger charge is -2.29. The molecule has 140 valence electrons. The van der Waals surface area contributed by atoms with Crippen molar-refractivity contribution in [2.75, 3.05) is 20.3 Å². The third-order valence-electron chi connectivity index (χ3n) is 4.87. The molecule has 2 aromatic carbocycles. The molecule has 4 heteroatoms. The van der Waals surface area contributed by atoms with E-state index in [0.29, 0.717) is 11.5 Å². The summed E-state index contributed by atoms with van der Waals surface area (Å²) in [5.74, 6) is 0.227. The molecule has 1 aliphatic heterocycles. The fourth-order valence-corrected chi connectivity index (χ4v) is 3.35. The first kappa shape index (κ1) is 19.0. The molecule has 26 heavy (non-hydrogen) atoms. The van der Waals surface area contributed by atoms with Gasteiger partial charge in [-0.05, 0) is 18.1 Å². The zero-order valence-corrected chi connectivity index (χ0v) is 15.5. The van der Waals surface area contributed by atoms with Crippen LogP contribution in [0.1, 0.15) is 55.3 Å². The van der Waals surface area contributed by atoms with Crippen molar-refractivity contribution >= 4 is 0 Å². The first-order valence-electron chi connectivity index (χ1n) is 9.33. The Morgan fingerprint density at radius 2 is 1.77 bits per heavy atom. The molecule has 0 N–H and O–H groups in total. The molecule has 0 radical (unpaired) electrons. The number of hydrogen-bond donors (Lipinski definition) is 0. The van der Waals surface area contributed by atoms with Gasteiger partial charge in [0.15, 0.2) is 6.29 Å². The van der Waals surface area contributed by atoms with E-state index < -0.39 is 6.10 Å². The van der Waals surface area contributed by atoms with Gasteiger partial charge in [-0.15, -0.1) is 0 Å². The minimum Gasteiger partial charge on any atom is -0.372 e. The first-order valence-corrected chi connectivity index (χ1v) is 9.33. The maximum absolute atomic E-state index is 14.1. The van der Waals surface area contributed by atoms with Gasteiger partial charge in [0.1, 0.15) is 11.9 Å². The quantitative estimate of drug-likeness (QED) is 0.662. The monoisotopic (exact) mass is 358 g/mol. The Morgan fingerprint density at radius 1 is 1.08 bits per heavy atom. The summed E-state index contributed by atoms with van der Waals surface area (Å²) in [5, 5.41) is 0. The highest BCUT2D eigenvalue weighted by atomic mass is 19.1. The largest absolute Gasteiger partial charge is 0.372 e. The van der Waals surface area contributed by atoms with Crippen molar-refractivity contribution in [3.8, 4) is 0 Å². The zero-order valence-electron chi connectivity index (χ0n) is 15.5. The smallest absolute Gasteiger partial charge is 0.183 e. The van der Waals surface area contributed by atoms with Gasteiger partial charge in [0.05, 0.1) is 13.2 Å². The molecule has 3 rings (SSSR count). The van der Waals surface area contributed by atoms with E-state index in [1.165, 1.54) is 18.9 Å². The normalized spacial score (nSPS) is 21.5. The molecule has 0 aromatic heterocycles. The average molecular weight is 358 g/mol. The van der Waals surface area contributed by atoms with Crippen LogP contribution < -0.4 is 0 Å². The van der Waals surface area contributed by atoms with Gasteiger partial charge in [-0.2, -0.15) is 0 Å². The van der Waals surface area contributed by atoms with Crippen LogP contribution in [0, 0.1) is 11.7 Å². The van der Waals surface area contributed by atoms with Crippen LogP contribution in [0.3, 0.4) is 0 Å². The molecule has 1 heterocycles. The molecule has 0 amide bonds. The molecule has 1 aliphatic rings. The Kier molecular flexibility index (Phi) is 6.78. The van der Waals surface area contributed by atoms with E-state index in [2.05, 4.69) is 6.92 Å². The van der Waals surface area contributed by atoms with Crippen molar-refractivity contribution in [1.82, 2.24) is 0 Å². The topological polar surface area (TPSA) is 27.7 Å². The summed E-state index contributed by atoms with van der Waals surface area (Å²) in [6.45, 7) is 3.67. The minimum absolute atomic E-state index is 0.263. The molecule has 0 bridgehead atoms. The molecular formula is C22H27FO3. The molecule has 2 aromatic rings. The third-order valence-corrected chi connectivity index (χ3v) is 4.87. The van der Waals surface area contributed by atoms with Gasteiger partial charge in [0.25, 0.3) is 0 Å².